The van der Waals surface area contributed by atoms with Gasteiger partial charge in [-0.1, -0.05) is 65.5 Å². The largest absolute Gasteiger partial charge is 0.213 e. The van der Waals surface area contributed by atoms with E-state index in [1.54, 1.807) is 5.57 Å². The fraction of sp³-hybridized carbons (Fsp3) is 0.929. The molecule has 0 aromatic heterocycles. The van der Waals surface area contributed by atoms with Crippen molar-refractivity contribution in [2.75, 3.05) is 6.26 Å². The summed E-state index contributed by atoms with van der Waals surface area (Å²) in [6, 6.07) is 0.0947. The zero-order valence-electron chi connectivity index (χ0n) is 21.6. The van der Waals surface area contributed by atoms with Crippen LogP contribution in [0.3, 0.4) is 0 Å². The second kappa shape index (κ2) is 9.02. The SMILES string of the molecule is CC(C)CCC[C@@H](C)[C@H]1CCC2[C@@H]3CC=C4C[C@@H](NS(C)(=O)=O)CC[C@]4(C)C3CC[C@@]21C. The molecule has 2 unspecified atom stereocenters. The van der Waals surface area contributed by atoms with Crippen molar-refractivity contribution in [2.24, 2.45) is 46.3 Å². The minimum absolute atomic E-state index is 0.0947. The Bertz CT molecular complexity index is 817. The first-order chi connectivity index (χ1) is 14.9. The van der Waals surface area contributed by atoms with Gasteiger partial charge in [-0.3, -0.25) is 0 Å². The lowest BCUT2D eigenvalue weighted by atomic mass is 9.47. The van der Waals surface area contributed by atoms with Crippen molar-refractivity contribution in [1.29, 1.82) is 0 Å². The third kappa shape index (κ3) is 4.61. The van der Waals surface area contributed by atoms with Crippen molar-refractivity contribution >= 4 is 10.0 Å². The Morgan fingerprint density at radius 2 is 1.78 bits per heavy atom. The molecule has 184 valence electrons. The van der Waals surface area contributed by atoms with Crippen LogP contribution in [-0.4, -0.2) is 20.7 Å². The molecule has 3 saturated carbocycles. The predicted octanol–water partition coefficient (Wildman–Crippen LogP) is 6.95. The third-order valence-corrected chi connectivity index (χ3v) is 11.4. The molecule has 0 aliphatic heterocycles. The third-order valence-electron chi connectivity index (χ3n) is 10.7. The summed E-state index contributed by atoms with van der Waals surface area (Å²) >= 11 is 0. The Hall–Kier alpha value is -0.350. The van der Waals surface area contributed by atoms with Crippen LogP contribution in [0.1, 0.15) is 105 Å². The van der Waals surface area contributed by atoms with E-state index in [4.69, 9.17) is 0 Å². The van der Waals surface area contributed by atoms with Gasteiger partial charge in [-0.15, -0.1) is 0 Å². The summed E-state index contributed by atoms with van der Waals surface area (Å²) in [5.41, 5.74) is 2.39. The number of fused-ring (bicyclic) bond motifs is 5. The van der Waals surface area contributed by atoms with E-state index < -0.39 is 10.0 Å². The highest BCUT2D eigenvalue weighted by molar-refractivity contribution is 7.88. The first-order valence-corrected chi connectivity index (χ1v) is 15.5. The number of hydrogen-bond acceptors (Lipinski definition) is 2. The average molecular weight is 464 g/mol. The van der Waals surface area contributed by atoms with Crippen LogP contribution in [0.5, 0.6) is 0 Å². The second-order valence-corrected chi connectivity index (χ2v) is 14.9. The molecule has 4 aliphatic carbocycles. The molecule has 0 aromatic carbocycles. The summed E-state index contributed by atoms with van der Waals surface area (Å²) in [6.07, 6.45) is 18.0. The molecule has 0 saturated heterocycles. The molecule has 4 heteroatoms. The van der Waals surface area contributed by atoms with E-state index >= 15 is 0 Å². The molecule has 3 fully saturated rings. The second-order valence-electron chi connectivity index (χ2n) is 13.1. The number of rotatable bonds is 7. The van der Waals surface area contributed by atoms with Crippen molar-refractivity contribution in [2.45, 2.75) is 111 Å². The first-order valence-electron chi connectivity index (χ1n) is 13.6. The molecule has 0 heterocycles. The van der Waals surface area contributed by atoms with Crippen LogP contribution < -0.4 is 4.72 Å². The minimum atomic E-state index is -3.13. The smallest absolute Gasteiger partial charge is 0.208 e. The fourth-order valence-corrected chi connectivity index (χ4v) is 9.90. The van der Waals surface area contributed by atoms with Gasteiger partial charge in [0.2, 0.25) is 10.0 Å². The Morgan fingerprint density at radius 3 is 2.47 bits per heavy atom. The van der Waals surface area contributed by atoms with Crippen molar-refractivity contribution in [3.05, 3.63) is 11.6 Å². The lowest BCUT2D eigenvalue weighted by Gasteiger charge is -2.58. The summed E-state index contributed by atoms with van der Waals surface area (Å²) in [6.45, 7) is 12.5. The van der Waals surface area contributed by atoms with E-state index in [1.165, 1.54) is 57.6 Å². The highest BCUT2D eigenvalue weighted by Crippen LogP contribution is 2.67. The number of hydrogen-bond donors (Lipinski definition) is 1. The van der Waals surface area contributed by atoms with E-state index in [1.807, 2.05) is 0 Å². The molecule has 3 nitrogen and oxygen atoms in total. The van der Waals surface area contributed by atoms with Crippen molar-refractivity contribution < 1.29 is 8.42 Å². The van der Waals surface area contributed by atoms with Gasteiger partial charge >= 0.3 is 0 Å². The molecular weight excluding hydrogens is 414 g/mol. The molecule has 8 atom stereocenters. The lowest BCUT2D eigenvalue weighted by Crippen LogP contribution is -2.52. The Kier molecular flexibility index (Phi) is 6.98. The topological polar surface area (TPSA) is 46.2 Å². The predicted molar refractivity (Wildman–Crippen MR) is 135 cm³/mol. The standard InChI is InChI=1S/C28H49NO2S/c1-19(2)8-7-9-20(3)24-12-13-25-23-11-10-21-18-22(29-32(6,30)31)14-16-27(21,4)26(23)15-17-28(24,25)5/h10,19-20,22-26,29H,7-9,11-18H2,1-6H3/t20-,22+,23+,24-,25?,26?,27+,28-/m1/s1. The first kappa shape index (κ1) is 24.8. The van der Waals surface area contributed by atoms with E-state index in [-0.39, 0.29) is 6.04 Å². The highest BCUT2D eigenvalue weighted by Gasteiger charge is 2.59. The number of nitrogens with one attached hydrogen (secondary N) is 1. The summed E-state index contributed by atoms with van der Waals surface area (Å²) in [7, 11) is -3.13. The van der Waals surface area contributed by atoms with E-state index in [0.29, 0.717) is 10.8 Å². The lowest BCUT2D eigenvalue weighted by molar-refractivity contribution is -0.0511. The molecule has 0 amide bonds. The van der Waals surface area contributed by atoms with Gasteiger partial charge in [-0.05, 0) is 97.7 Å². The zero-order valence-corrected chi connectivity index (χ0v) is 22.4. The van der Waals surface area contributed by atoms with Crippen molar-refractivity contribution in [3.63, 3.8) is 0 Å². The summed E-state index contributed by atoms with van der Waals surface area (Å²) in [5, 5.41) is 0. The van der Waals surface area contributed by atoms with Gasteiger partial charge in [0.25, 0.3) is 0 Å². The Morgan fingerprint density at radius 1 is 1.03 bits per heavy atom. The molecule has 4 aliphatic rings. The maximum absolute atomic E-state index is 11.8. The Labute approximate surface area is 198 Å². The van der Waals surface area contributed by atoms with Crippen LogP contribution in [0.4, 0.5) is 0 Å². The molecular formula is C28H49NO2S. The molecule has 0 spiro atoms. The van der Waals surface area contributed by atoms with E-state index in [0.717, 1.165) is 54.8 Å². The van der Waals surface area contributed by atoms with Crippen molar-refractivity contribution in [1.82, 2.24) is 4.72 Å². The number of allylic oxidation sites excluding steroid dienone is 1. The zero-order chi connectivity index (χ0) is 23.3. The highest BCUT2D eigenvalue weighted by atomic mass is 32.2. The van der Waals surface area contributed by atoms with Gasteiger partial charge in [0.05, 0.1) is 6.26 Å². The van der Waals surface area contributed by atoms with Crippen LogP contribution in [0, 0.1) is 46.3 Å². The van der Waals surface area contributed by atoms with Crippen LogP contribution in [0.2, 0.25) is 0 Å². The maximum atomic E-state index is 11.8. The maximum Gasteiger partial charge on any atom is 0.208 e. The summed E-state index contributed by atoms with van der Waals surface area (Å²) in [4.78, 5) is 0. The quantitative estimate of drug-likeness (QED) is 0.415. The van der Waals surface area contributed by atoms with E-state index in [2.05, 4.69) is 45.4 Å². The monoisotopic (exact) mass is 463 g/mol. The fourth-order valence-electron chi connectivity index (χ4n) is 9.09. The van der Waals surface area contributed by atoms with Gasteiger partial charge in [0.1, 0.15) is 0 Å². The van der Waals surface area contributed by atoms with Gasteiger partial charge < -0.3 is 0 Å². The van der Waals surface area contributed by atoms with Crippen LogP contribution in [-0.2, 0) is 10.0 Å². The summed E-state index contributed by atoms with van der Waals surface area (Å²) in [5.74, 6) is 5.14. The molecule has 0 bridgehead atoms. The van der Waals surface area contributed by atoms with Crippen LogP contribution in [0.25, 0.3) is 0 Å². The summed E-state index contributed by atoms with van der Waals surface area (Å²) < 4.78 is 26.5. The normalized spacial score (nSPS) is 42.7. The Balaban J connectivity index is 1.47. The molecule has 1 N–H and O–H groups in total. The van der Waals surface area contributed by atoms with Crippen LogP contribution in [0.15, 0.2) is 11.6 Å². The molecule has 0 aromatic rings. The van der Waals surface area contributed by atoms with Gasteiger partial charge in [-0.25, -0.2) is 13.1 Å². The van der Waals surface area contributed by atoms with Gasteiger partial charge in [-0.2, -0.15) is 0 Å². The number of sulfonamides is 1. The van der Waals surface area contributed by atoms with E-state index in [9.17, 15) is 8.42 Å². The molecule has 32 heavy (non-hydrogen) atoms. The van der Waals surface area contributed by atoms with Gasteiger partial charge in [0, 0.05) is 6.04 Å². The van der Waals surface area contributed by atoms with Crippen molar-refractivity contribution in [3.8, 4) is 0 Å². The van der Waals surface area contributed by atoms with Gasteiger partial charge in [0.15, 0.2) is 0 Å². The molecule has 4 rings (SSSR count). The minimum Gasteiger partial charge on any atom is -0.213 e. The van der Waals surface area contributed by atoms with Crippen LogP contribution >= 0.6 is 0 Å². The molecule has 0 radical (unpaired) electrons. The average Bonchev–Trinajstić information content (AvgIpc) is 3.04.